The zero-order chi connectivity index (χ0) is 24.9. The van der Waals surface area contributed by atoms with Crippen LogP contribution in [0.1, 0.15) is 67.0 Å². The third kappa shape index (κ3) is 5.85. The van der Waals surface area contributed by atoms with Crippen LogP contribution in [0.5, 0.6) is 0 Å². The number of nitrogens with zero attached hydrogens (tertiary/aromatic N) is 1. The quantitative estimate of drug-likeness (QED) is 0.426. The number of hydrogen-bond donors (Lipinski definition) is 3. The van der Waals surface area contributed by atoms with Crippen molar-refractivity contribution in [1.82, 2.24) is 20.8 Å². The van der Waals surface area contributed by atoms with Crippen LogP contribution in [-0.2, 0) is 4.79 Å². The van der Waals surface area contributed by atoms with Gasteiger partial charge in [-0.05, 0) is 48.1 Å². The average Bonchev–Trinajstić information content (AvgIpc) is 3.29. The standard InChI is InChI=1S/C26H30N4O5/c1-15(2)13-21(22(31)25-29-30-26(34)35-25)28-24(33)19-9-5-6-10-20(19)27-23(32)18-12-11-16-7-3-4-8-17(16)14-18/h3-4,7-8,11-12,14-15,19-21H,5-6,9-10,13H2,1-2H3,(H,27,32)(H,28,33)(H,30,34)/t19-,20+,21+/m1/s1. The van der Waals surface area contributed by atoms with E-state index in [0.29, 0.717) is 24.8 Å². The molecule has 0 saturated heterocycles. The Kier molecular flexibility index (Phi) is 7.43. The minimum atomic E-state index is -0.882. The van der Waals surface area contributed by atoms with E-state index < -0.39 is 23.5 Å². The summed E-state index contributed by atoms with van der Waals surface area (Å²) in [7, 11) is 0. The Bertz CT molecular complexity index is 1280. The summed E-state index contributed by atoms with van der Waals surface area (Å²) >= 11 is 0. The summed E-state index contributed by atoms with van der Waals surface area (Å²) in [5, 5.41) is 13.6. The maximum absolute atomic E-state index is 13.3. The number of Topliss-reactive ketones (excluding diaryl/α,β-unsaturated/α-hetero) is 1. The van der Waals surface area contributed by atoms with E-state index in [2.05, 4.69) is 20.8 Å². The van der Waals surface area contributed by atoms with E-state index in [-0.39, 0.29) is 29.7 Å². The largest absolute Gasteiger partial charge is 0.434 e. The number of aromatic amines is 1. The van der Waals surface area contributed by atoms with Gasteiger partial charge in [-0.15, -0.1) is 5.10 Å². The summed E-state index contributed by atoms with van der Waals surface area (Å²) in [6, 6.07) is 12.1. The van der Waals surface area contributed by atoms with Crippen molar-refractivity contribution in [3.8, 4) is 0 Å². The molecule has 4 rings (SSSR count). The van der Waals surface area contributed by atoms with Crippen molar-refractivity contribution < 1.29 is 18.8 Å². The van der Waals surface area contributed by atoms with Gasteiger partial charge >= 0.3 is 5.76 Å². The van der Waals surface area contributed by atoms with Crippen LogP contribution in [0.25, 0.3) is 10.8 Å². The van der Waals surface area contributed by atoms with Gasteiger partial charge in [-0.25, -0.2) is 9.89 Å². The Balaban J connectivity index is 1.47. The summed E-state index contributed by atoms with van der Waals surface area (Å²) in [4.78, 5) is 50.5. The molecule has 9 nitrogen and oxygen atoms in total. The molecule has 0 spiro atoms. The topological polar surface area (TPSA) is 134 Å². The fourth-order valence-corrected chi connectivity index (χ4v) is 4.67. The molecule has 1 saturated carbocycles. The number of aromatic nitrogens is 2. The molecule has 3 aromatic rings. The molecule has 3 atom stereocenters. The van der Waals surface area contributed by atoms with Crippen molar-refractivity contribution >= 4 is 28.4 Å². The molecule has 1 fully saturated rings. The molecule has 1 aliphatic carbocycles. The van der Waals surface area contributed by atoms with Gasteiger partial charge in [0.05, 0.1) is 12.0 Å². The lowest BCUT2D eigenvalue weighted by atomic mass is 9.83. The fourth-order valence-electron chi connectivity index (χ4n) is 4.67. The van der Waals surface area contributed by atoms with Crippen LogP contribution in [0, 0.1) is 11.8 Å². The van der Waals surface area contributed by atoms with Gasteiger partial charge < -0.3 is 15.1 Å². The van der Waals surface area contributed by atoms with E-state index in [0.717, 1.165) is 23.6 Å². The molecule has 1 heterocycles. The predicted molar refractivity (Wildman–Crippen MR) is 130 cm³/mol. The van der Waals surface area contributed by atoms with Crippen molar-refractivity contribution in [3.63, 3.8) is 0 Å². The number of benzene rings is 2. The van der Waals surface area contributed by atoms with Gasteiger partial charge in [-0.3, -0.25) is 14.4 Å². The van der Waals surface area contributed by atoms with Crippen molar-refractivity contribution in [2.24, 2.45) is 11.8 Å². The lowest BCUT2D eigenvalue weighted by molar-refractivity contribution is -0.127. The minimum absolute atomic E-state index is 0.102. The van der Waals surface area contributed by atoms with Gasteiger partial charge in [0.1, 0.15) is 0 Å². The van der Waals surface area contributed by atoms with Gasteiger partial charge in [0, 0.05) is 11.6 Å². The van der Waals surface area contributed by atoms with Crippen molar-refractivity contribution in [3.05, 3.63) is 64.5 Å². The predicted octanol–water partition coefficient (Wildman–Crippen LogP) is 3.22. The van der Waals surface area contributed by atoms with Crippen LogP contribution in [0.4, 0.5) is 0 Å². The monoisotopic (exact) mass is 478 g/mol. The summed E-state index contributed by atoms with van der Waals surface area (Å²) in [5.41, 5.74) is 0.537. The molecule has 0 aliphatic heterocycles. The second-order valence-electron chi connectivity index (χ2n) is 9.51. The van der Waals surface area contributed by atoms with Crippen LogP contribution in [0.15, 0.2) is 51.7 Å². The summed E-state index contributed by atoms with van der Waals surface area (Å²) in [5.74, 6) is -2.64. The first-order valence-corrected chi connectivity index (χ1v) is 12.0. The number of ketones is 1. The average molecular weight is 479 g/mol. The number of rotatable bonds is 8. The van der Waals surface area contributed by atoms with Gasteiger partial charge in [0.25, 0.3) is 11.8 Å². The number of amides is 2. The third-order valence-electron chi connectivity index (χ3n) is 6.42. The molecule has 9 heteroatoms. The molecule has 1 aromatic heterocycles. The van der Waals surface area contributed by atoms with Gasteiger partial charge in [-0.2, -0.15) is 0 Å². The Morgan fingerprint density at radius 2 is 1.83 bits per heavy atom. The third-order valence-corrected chi connectivity index (χ3v) is 6.42. The number of carbonyl (C=O) groups excluding carboxylic acids is 3. The Hall–Kier alpha value is -3.75. The Labute approximate surface area is 202 Å². The van der Waals surface area contributed by atoms with E-state index in [1.54, 1.807) is 6.07 Å². The Morgan fingerprint density at radius 3 is 2.54 bits per heavy atom. The molecule has 2 aromatic carbocycles. The number of fused-ring (bicyclic) bond motifs is 1. The SMILES string of the molecule is CC(C)C[C@H](NC(=O)[C@@H]1CCCC[C@@H]1NC(=O)c1ccc2ccccc2c1)C(=O)c1n[nH]c(=O)o1. The highest BCUT2D eigenvalue weighted by atomic mass is 16.4. The Morgan fingerprint density at radius 1 is 1.09 bits per heavy atom. The lowest BCUT2D eigenvalue weighted by Gasteiger charge is -2.32. The van der Waals surface area contributed by atoms with Crippen LogP contribution >= 0.6 is 0 Å². The minimum Gasteiger partial charge on any atom is -0.384 e. The smallest absolute Gasteiger partial charge is 0.384 e. The summed E-state index contributed by atoms with van der Waals surface area (Å²) in [6.45, 7) is 3.86. The normalized spacial score (nSPS) is 18.8. The zero-order valence-corrected chi connectivity index (χ0v) is 19.9. The molecule has 184 valence electrons. The molecule has 1 aliphatic rings. The van der Waals surface area contributed by atoms with E-state index >= 15 is 0 Å². The number of carbonyl (C=O) groups is 3. The van der Waals surface area contributed by atoms with Crippen molar-refractivity contribution in [2.45, 2.75) is 58.0 Å². The highest BCUT2D eigenvalue weighted by molar-refractivity contribution is 6.00. The molecular formula is C26H30N4O5. The maximum atomic E-state index is 13.3. The second-order valence-corrected chi connectivity index (χ2v) is 9.51. The van der Waals surface area contributed by atoms with E-state index in [9.17, 15) is 19.2 Å². The van der Waals surface area contributed by atoms with Crippen LogP contribution in [0.2, 0.25) is 0 Å². The van der Waals surface area contributed by atoms with Crippen LogP contribution < -0.4 is 16.4 Å². The highest BCUT2D eigenvalue weighted by Gasteiger charge is 2.35. The second kappa shape index (κ2) is 10.7. The van der Waals surface area contributed by atoms with E-state index in [1.165, 1.54) is 0 Å². The molecule has 0 bridgehead atoms. The summed E-state index contributed by atoms with van der Waals surface area (Å²) in [6.07, 6.45) is 3.40. The zero-order valence-electron chi connectivity index (χ0n) is 19.9. The first-order valence-electron chi connectivity index (χ1n) is 12.0. The first kappa shape index (κ1) is 24.4. The van der Waals surface area contributed by atoms with Gasteiger partial charge in [0.15, 0.2) is 0 Å². The molecule has 0 unspecified atom stereocenters. The number of H-pyrrole nitrogens is 1. The van der Waals surface area contributed by atoms with Crippen molar-refractivity contribution in [1.29, 1.82) is 0 Å². The van der Waals surface area contributed by atoms with Crippen molar-refractivity contribution in [2.75, 3.05) is 0 Å². The van der Waals surface area contributed by atoms with E-state index in [1.807, 2.05) is 50.2 Å². The van der Waals surface area contributed by atoms with Crippen LogP contribution in [0.3, 0.4) is 0 Å². The van der Waals surface area contributed by atoms with Crippen LogP contribution in [-0.4, -0.2) is 39.9 Å². The number of nitrogens with one attached hydrogen (secondary N) is 3. The lowest BCUT2D eigenvalue weighted by Crippen LogP contribution is -2.52. The van der Waals surface area contributed by atoms with E-state index in [4.69, 9.17) is 4.42 Å². The number of hydrogen-bond acceptors (Lipinski definition) is 6. The first-order chi connectivity index (χ1) is 16.8. The highest BCUT2D eigenvalue weighted by Crippen LogP contribution is 2.26. The molecule has 3 N–H and O–H groups in total. The fraction of sp³-hybridized carbons (Fsp3) is 0.423. The molecule has 35 heavy (non-hydrogen) atoms. The molecular weight excluding hydrogens is 448 g/mol. The molecule has 2 amide bonds. The molecule has 0 radical (unpaired) electrons. The maximum Gasteiger partial charge on any atom is 0.434 e. The van der Waals surface area contributed by atoms with Gasteiger partial charge in [0.2, 0.25) is 11.7 Å². The summed E-state index contributed by atoms with van der Waals surface area (Å²) < 4.78 is 4.81. The van der Waals surface area contributed by atoms with Gasteiger partial charge in [-0.1, -0.05) is 57.0 Å².